The average molecular weight is 288 g/mol. The summed E-state index contributed by atoms with van der Waals surface area (Å²) < 4.78 is 10.3. The van der Waals surface area contributed by atoms with Gasteiger partial charge in [-0.25, -0.2) is 0 Å². The number of carbonyl (C=O) groups is 1. The lowest BCUT2D eigenvalue weighted by molar-refractivity contribution is -0.130. The predicted octanol–water partition coefficient (Wildman–Crippen LogP) is 1.43. The monoisotopic (exact) mass is 287 g/mol. The Morgan fingerprint density at radius 1 is 1.37 bits per heavy atom. The molecule has 0 saturated heterocycles. The Labute approximate surface area is 117 Å². The van der Waals surface area contributed by atoms with Crippen LogP contribution in [0.25, 0.3) is 0 Å². The van der Waals surface area contributed by atoms with E-state index < -0.39 is 5.38 Å². The first-order valence-corrected chi connectivity index (χ1v) is 6.20. The molecular weight excluding hydrogens is 270 g/mol. The minimum absolute atomic E-state index is 0.0994. The lowest BCUT2D eigenvalue weighted by atomic mass is 10.1. The third-order valence-corrected chi connectivity index (χ3v) is 3.17. The third-order valence-electron chi connectivity index (χ3n) is 2.73. The zero-order chi connectivity index (χ0) is 14.4. The van der Waals surface area contributed by atoms with Crippen LogP contribution in [0.4, 0.5) is 0 Å². The molecule has 0 aliphatic carbocycles. The Kier molecular flexibility index (Phi) is 5.92. The standard InChI is InChI=1S/C13H18ClNO4/c1-15(6-7-16)13(17)12(14)9-4-5-10(18-2)11(8-9)19-3/h4-5,8,12,16H,6-7H2,1-3H3. The first kappa shape index (κ1) is 15.6. The van der Waals surface area contributed by atoms with E-state index in [1.54, 1.807) is 25.2 Å². The van der Waals surface area contributed by atoms with Crippen molar-refractivity contribution in [2.45, 2.75) is 5.38 Å². The maximum absolute atomic E-state index is 12.0. The van der Waals surface area contributed by atoms with Crippen LogP contribution in [-0.4, -0.2) is 50.3 Å². The van der Waals surface area contributed by atoms with E-state index in [0.29, 0.717) is 17.1 Å². The number of carbonyl (C=O) groups excluding carboxylic acids is 1. The molecular formula is C13H18ClNO4. The van der Waals surface area contributed by atoms with Crippen molar-refractivity contribution in [1.82, 2.24) is 4.90 Å². The first-order chi connectivity index (χ1) is 9.04. The molecule has 1 N–H and O–H groups in total. The smallest absolute Gasteiger partial charge is 0.244 e. The molecule has 0 bridgehead atoms. The third kappa shape index (κ3) is 3.75. The summed E-state index contributed by atoms with van der Waals surface area (Å²) in [5, 5.41) is 7.99. The number of likely N-dealkylation sites (N-methyl/N-ethyl adjacent to an activating group) is 1. The van der Waals surface area contributed by atoms with Gasteiger partial charge >= 0.3 is 0 Å². The van der Waals surface area contributed by atoms with Gasteiger partial charge in [-0.2, -0.15) is 0 Å². The van der Waals surface area contributed by atoms with Crippen molar-refractivity contribution in [3.05, 3.63) is 23.8 Å². The summed E-state index contributed by atoms with van der Waals surface area (Å²) in [5.41, 5.74) is 0.620. The van der Waals surface area contributed by atoms with Crippen LogP contribution in [0, 0.1) is 0 Å². The molecule has 106 valence electrons. The minimum Gasteiger partial charge on any atom is -0.493 e. The predicted molar refractivity (Wildman–Crippen MR) is 72.9 cm³/mol. The van der Waals surface area contributed by atoms with Crippen LogP contribution < -0.4 is 9.47 Å². The summed E-state index contributed by atoms with van der Waals surface area (Å²) in [6.07, 6.45) is 0. The molecule has 0 aliphatic heterocycles. The second-order valence-corrected chi connectivity index (χ2v) is 4.40. The fourth-order valence-corrected chi connectivity index (χ4v) is 1.91. The Hall–Kier alpha value is -1.46. The summed E-state index contributed by atoms with van der Waals surface area (Å²) in [7, 11) is 4.65. The van der Waals surface area contributed by atoms with Gasteiger partial charge in [0.25, 0.3) is 0 Å². The topological polar surface area (TPSA) is 59.0 Å². The van der Waals surface area contributed by atoms with Gasteiger partial charge in [0.15, 0.2) is 11.5 Å². The Bertz CT molecular complexity index is 439. The maximum atomic E-state index is 12.0. The lowest BCUT2D eigenvalue weighted by Crippen LogP contribution is -2.32. The van der Waals surface area contributed by atoms with Crippen LogP contribution in [0.15, 0.2) is 18.2 Å². The van der Waals surface area contributed by atoms with Gasteiger partial charge in [-0.05, 0) is 17.7 Å². The molecule has 0 radical (unpaired) electrons. The highest BCUT2D eigenvalue weighted by Gasteiger charge is 2.22. The molecule has 0 heterocycles. The fraction of sp³-hybridized carbons (Fsp3) is 0.462. The van der Waals surface area contributed by atoms with E-state index in [0.717, 1.165) is 0 Å². The van der Waals surface area contributed by atoms with Crippen LogP contribution >= 0.6 is 11.6 Å². The van der Waals surface area contributed by atoms with E-state index in [-0.39, 0.29) is 19.1 Å². The summed E-state index contributed by atoms with van der Waals surface area (Å²) in [6, 6.07) is 5.08. The average Bonchev–Trinajstić information content (AvgIpc) is 2.45. The van der Waals surface area contributed by atoms with Crippen molar-refractivity contribution in [3.63, 3.8) is 0 Å². The summed E-state index contributed by atoms with van der Waals surface area (Å²) >= 11 is 6.14. The van der Waals surface area contributed by atoms with Gasteiger partial charge in [-0.1, -0.05) is 6.07 Å². The number of hydrogen-bond donors (Lipinski definition) is 1. The maximum Gasteiger partial charge on any atom is 0.244 e. The quantitative estimate of drug-likeness (QED) is 0.804. The normalized spacial score (nSPS) is 11.8. The first-order valence-electron chi connectivity index (χ1n) is 5.77. The van der Waals surface area contributed by atoms with Crippen molar-refractivity contribution in [2.75, 3.05) is 34.4 Å². The summed E-state index contributed by atoms with van der Waals surface area (Å²) in [6.45, 7) is 0.146. The number of amides is 1. The number of rotatable bonds is 6. The number of ether oxygens (including phenoxy) is 2. The molecule has 19 heavy (non-hydrogen) atoms. The summed E-state index contributed by atoms with van der Waals surface area (Å²) in [5.74, 6) is 0.817. The Morgan fingerprint density at radius 3 is 2.53 bits per heavy atom. The number of aliphatic hydroxyl groups is 1. The van der Waals surface area contributed by atoms with Gasteiger partial charge in [0.2, 0.25) is 5.91 Å². The van der Waals surface area contributed by atoms with Gasteiger partial charge < -0.3 is 19.5 Å². The number of hydrogen-bond acceptors (Lipinski definition) is 4. The lowest BCUT2D eigenvalue weighted by Gasteiger charge is -2.20. The van der Waals surface area contributed by atoms with Crippen LogP contribution in [0.3, 0.4) is 0 Å². The van der Waals surface area contributed by atoms with E-state index in [4.69, 9.17) is 26.2 Å². The fourth-order valence-electron chi connectivity index (χ4n) is 1.61. The molecule has 1 unspecified atom stereocenters. The van der Waals surface area contributed by atoms with E-state index in [1.807, 2.05) is 0 Å². The SMILES string of the molecule is COc1ccc(C(Cl)C(=O)N(C)CCO)cc1OC. The van der Waals surface area contributed by atoms with Crippen molar-refractivity contribution in [3.8, 4) is 11.5 Å². The van der Waals surface area contributed by atoms with Crippen LogP contribution in [0.1, 0.15) is 10.9 Å². The number of halogens is 1. The van der Waals surface area contributed by atoms with Crippen molar-refractivity contribution in [1.29, 1.82) is 0 Å². The molecule has 1 amide bonds. The number of aliphatic hydroxyl groups excluding tert-OH is 1. The molecule has 1 aromatic carbocycles. The molecule has 6 heteroatoms. The van der Waals surface area contributed by atoms with Gasteiger partial charge in [-0.15, -0.1) is 11.6 Å². The Morgan fingerprint density at radius 2 is 2.00 bits per heavy atom. The van der Waals surface area contributed by atoms with E-state index in [2.05, 4.69) is 0 Å². The molecule has 0 aliphatic rings. The largest absolute Gasteiger partial charge is 0.493 e. The van der Waals surface area contributed by atoms with Crippen LogP contribution in [-0.2, 0) is 4.79 Å². The molecule has 0 fully saturated rings. The number of methoxy groups -OCH3 is 2. The van der Waals surface area contributed by atoms with Crippen molar-refractivity contribution >= 4 is 17.5 Å². The molecule has 1 atom stereocenters. The van der Waals surface area contributed by atoms with Crippen LogP contribution in [0.5, 0.6) is 11.5 Å². The van der Waals surface area contributed by atoms with E-state index >= 15 is 0 Å². The highest BCUT2D eigenvalue weighted by Crippen LogP contribution is 2.32. The van der Waals surface area contributed by atoms with E-state index in [9.17, 15) is 4.79 Å². The second kappa shape index (κ2) is 7.21. The van der Waals surface area contributed by atoms with Crippen LogP contribution in [0.2, 0.25) is 0 Å². The molecule has 1 aromatic rings. The molecule has 0 aromatic heterocycles. The number of alkyl halides is 1. The highest BCUT2D eigenvalue weighted by molar-refractivity contribution is 6.30. The molecule has 1 rings (SSSR count). The van der Waals surface area contributed by atoms with Gasteiger partial charge in [0.1, 0.15) is 5.38 Å². The van der Waals surface area contributed by atoms with Gasteiger partial charge in [0, 0.05) is 13.6 Å². The number of nitrogens with zero attached hydrogens (tertiary/aromatic N) is 1. The number of benzene rings is 1. The second-order valence-electron chi connectivity index (χ2n) is 3.96. The Balaban J connectivity index is 2.93. The van der Waals surface area contributed by atoms with Crippen molar-refractivity contribution < 1.29 is 19.4 Å². The minimum atomic E-state index is -0.823. The molecule has 0 spiro atoms. The zero-order valence-electron chi connectivity index (χ0n) is 11.2. The van der Waals surface area contributed by atoms with Gasteiger partial charge in [0.05, 0.1) is 20.8 Å². The van der Waals surface area contributed by atoms with Crippen molar-refractivity contribution in [2.24, 2.45) is 0 Å². The summed E-state index contributed by atoms with van der Waals surface area (Å²) in [4.78, 5) is 13.4. The van der Waals surface area contributed by atoms with E-state index in [1.165, 1.54) is 19.1 Å². The van der Waals surface area contributed by atoms with Gasteiger partial charge in [-0.3, -0.25) is 4.79 Å². The molecule has 5 nitrogen and oxygen atoms in total. The highest BCUT2D eigenvalue weighted by atomic mass is 35.5. The molecule has 0 saturated carbocycles. The zero-order valence-corrected chi connectivity index (χ0v) is 12.0.